The first-order valence-corrected chi connectivity index (χ1v) is 9.12. The van der Waals surface area contributed by atoms with E-state index >= 15 is 0 Å². The fourth-order valence-corrected chi connectivity index (χ4v) is 3.72. The van der Waals surface area contributed by atoms with Gasteiger partial charge in [0.2, 0.25) is 0 Å². The fraction of sp³-hybridized carbons (Fsp3) is 0.333. The Balaban J connectivity index is 1.86. The first-order chi connectivity index (χ1) is 13.1. The molecule has 6 nitrogen and oxygen atoms in total. The normalized spacial score (nSPS) is 15.2. The molecule has 1 aliphatic heterocycles. The van der Waals surface area contributed by atoms with Gasteiger partial charge in [0.15, 0.2) is 5.65 Å². The number of hydrogen-bond donors (Lipinski definition) is 0. The molecule has 0 unspecified atom stereocenters. The fourth-order valence-electron chi connectivity index (χ4n) is 3.72. The standard InChI is InChI=1S/C21H23N5O/c1-4-16-7-5-6-8-17(16)15-26-19-18(25-13-11-23(2)12-14-25)9-10-22-20(19)24(3)21(26)27/h1,5-10H,11-15H2,2-3H3. The van der Waals surface area contributed by atoms with Crippen molar-refractivity contribution < 1.29 is 0 Å². The number of aromatic nitrogens is 3. The van der Waals surface area contributed by atoms with Crippen molar-refractivity contribution in [3.8, 4) is 12.3 Å². The van der Waals surface area contributed by atoms with Gasteiger partial charge in [-0.2, -0.15) is 0 Å². The molecular weight excluding hydrogens is 338 g/mol. The van der Waals surface area contributed by atoms with E-state index in [1.807, 2.05) is 30.3 Å². The van der Waals surface area contributed by atoms with Gasteiger partial charge < -0.3 is 9.80 Å². The first-order valence-electron chi connectivity index (χ1n) is 9.12. The van der Waals surface area contributed by atoms with Crippen molar-refractivity contribution in [3.05, 3.63) is 58.1 Å². The summed E-state index contributed by atoms with van der Waals surface area (Å²) < 4.78 is 3.42. The molecule has 0 spiro atoms. The van der Waals surface area contributed by atoms with Gasteiger partial charge in [-0.25, -0.2) is 9.78 Å². The Kier molecular flexibility index (Phi) is 4.46. The summed E-state index contributed by atoms with van der Waals surface area (Å²) in [6.07, 6.45) is 7.44. The summed E-state index contributed by atoms with van der Waals surface area (Å²) in [6.45, 7) is 4.30. The van der Waals surface area contributed by atoms with Crippen molar-refractivity contribution in [2.24, 2.45) is 7.05 Å². The molecule has 6 heteroatoms. The van der Waals surface area contributed by atoms with Crippen LogP contribution in [0.4, 0.5) is 5.69 Å². The zero-order valence-electron chi connectivity index (χ0n) is 15.7. The molecule has 27 heavy (non-hydrogen) atoms. The maximum Gasteiger partial charge on any atom is 0.330 e. The molecule has 1 saturated heterocycles. The second kappa shape index (κ2) is 6.93. The van der Waals surface area contributed by atoms with Crippen molar-refractivity contribution >= 4 is 16.9 Å². The highest BCUT2D eigenvalue weighted by Crippen LogP contribution is 2.26. The van der Waals surface area contributed by atoms with Gasteiger partial charge in [-0.1, -0.05) is 24.1 Å². The number of hydrogen-bond acceptors (Lipinski definition) is 4. The van der Waals surface area contributed by atoms with Crippen LogP contribution >= 0.6 is 0 Å². The smallest absolute Gasteiger partial charge is 0.330 e. The lowest BCUT2D eigenvalue weighted by Gasteiger charge is -2.34. The quantitative estimate of drug-likeness (QED) is 0.664. The Morgan fingerprint density at radius 3 is 2.59 bits per heavy atom. The molecule has 0 aliphatic carbocycles. The van der Waals surface area contributed by atoms with E-state index in [4.69, 9.17) is 6.42 Å². The molecule has 0 atom stereocenters. The second-order valence-corrected chi connectivity index (χ2v) is 7.02. The lowest BCUT2D eigenvalue weighted by atomic mass is 10.1. The molecule has 1 aromatic carbocycles. The first kappa shape index (κ1) is 17.4. The number of likely N-dealkylation sites (N-methyl/N-ethyl adjacent to an activating group) is 1. The van der Waals surface area contributed by atoms with Gasteiger partial charge in [0, 0.05) is 45.0 Å². The lowest BCUT2D eigenvalue weighted by molar-refractivity contribution is 0.313. The monoisotopic (exact) mass is 361 g/mol. The van der Waals surface area contributed by atoms with Crippen LogP contribution in [0.3, 0.4) is 0 Å². The van der Waals surface area contributed by atoms with E-state index in [0.29, 0.717) is 12.2 Å². The van der Waals surface area contributed by atoms with Crippen LogP contribution in [0.1, 0.15) is 11.1 Å². The number of pyridine rings is 1. The van der Waals surface area contributed by atoms with Crippen molar-refractivity contribution in [2.45, 2.75) is 6.54 Å². The van der Waals surface area contributed by atoms with Crippen LogP contribution in [-0.4, -0.2) is 52.2 Å². The predicted octanol–water partition coefficient (Wildman–Crippen LogP) is 1.52. The molecule has 0 N–H and O–H groups in total. The Hall–Kier alpha value is -3.04. The van der Waals surface area contributed by atoms with Gasteiger partial charge in [-0.3, -0.25) is 9.13 Å². The molecule has 3 heterocycles. The molecule has 0 bridgehead atoms. The second-order valence-electron chi connectivity index (χ2n) is 7.02. The van der Waals surface area contributed by atoms with Crippen LogP contribution in [0.25, 0.3) is 11.2 Å². The molecule has 0 saturated carbocycles. The summed E-state index contributed by atoms with van der Waals surface area (Å²) in [5.74, 6) is 2.72. The zero-order valence-corrected chi connectivity index (χ0v) is 15.7. The number of nitrogens with zero attached hydrogens (tertiary/aromatic N) is 5. The molecule has 0 radical (unpaired) electrons. The van der Waals surface area contributed by atoms with E-state index in [-0.39, 0.29) is 5.69 Å². The maximum atomic E-state index is 13.0. The van der Waals surface area contributed by atoms with Gasteiger partial charge in [0.1, 0.15) is 5.52 Å². The number of rotatable bonds is 3. The number of fused-ring (bicyclic) bond motifs is 1. The van der Waals surface area contributed by atoms with Crippen LogP contribution in [0.15, 0.2) is 41.3 Å². The van der Waals surface area contributed by atoms with Crippen LogP contribution in [0.2, 0.25) is 0 Å². The third kappa shape index (κ3) is 3.00. The molecular formula is C21H23N5O. The van der Waals surface area contributed by atoms with Crippen molar-refractivity contribution in [1.82, 2.24) is 19.0 Å². The van der Waals surface area contributed by atoms with Crippen LogP contribution < -0.4 is 10.6 Å². The molecule has 138 valence electrons. The predicted molar refractivity (Wildman–Crippen MR) is 108 cm³/mol. The number of imidazole rings is 1. The van der Waals surface area contributed by atoms with Crippen molar-refractivity contribution in [3.63, 3.8) is 0 Å². The number of piperazine rings is 1. The van der Waals surface area contributed by atoms with Gasteiger partial charge >= 0.3 is 5.69 Å². The Morgan fingerprint density at radius 1 is 1.11 bits per heavy atom. The molecule has 1 fully saturated rings. The van der Waals surface area contributed by atoms with E-state index in [9.17, 15) is 4.79 Å². The topological polar surface area (TPSA) is 46.3 Å². The average Bonchev–Trinajstić information content (AvgIpc) is 2.94. The van der Waals surface area contributed by atoms with E-state index in [1.165, 1.54) is 0 Å². The van der Waals surface area contributed by atoms with E-state index in [2.05, 4.69) is 27.8 Å². The molecule has 3 aromatic rings. The highest BCUT2D eigenvalue weighted by molar-refractivity contribution is 5.87. The summed E-state index contributed by atoms with van der Waals surface area (Å²) in [5, 5.41) is 0. The van der Waals surface area contributed by atoms with Crippen LogP contribution in [0.5, 0.6) is 0 Å². The third-order valence-corrected chi connectivity index (χ3v) is 5.33. The number of aryl methyl sites for hydroxylation is 1. The van der Waals surface area contributed by atoms with Crippen molar-refractivity contribution in [2.75, 3.05) is 38.1 Å². The Bertz CT molecular complexity index is 1080. The van der Waals surface area contributed by atoms with Crippen molar-refractivity contribution in [1.29, 1.82) is 0 Å². The van der Waals surface area contributed by atoms with Gasteiger partial charge in [-0.05, 0) is 24.7 Å². The Labute approximate surface area is 158 Å². The van der Waals surface area contributed by atoms with Gasteiger partial charge in [-0.15, -0.1) is 6.42 Å². The van der Waals surface area contributed by atoms with E-state index in [1.54, 1.807) is 22.4 Å². The molecule has 0 amide bonds. The third-order valence-electron chi connectivity index (χ3n) is 5.33. The highest BCUT2D eigenvalue weighted by atomic mass is 16.1. The van der Waals surface area contributed by atoms with Gasteiger partial charge in [0.05, 0.1) is 12.2 Å². The minimum atomic E-state index is -0.0779. The number of terminal acetylenes is 1. The van der Waals surface area contributed by atoms with Gasteiger partial charge in [0.25, 0.3) is 0 Å². The summed E-state index contributed by atoms with van der Waals surface area (Å²) in [4.78, 5) is 22.1. The average molecular weight is 361 g/mol. The minimum absolute atomic E-state index is 0.0779. The summed E-state index contributed by atoms with van der Waals surface area (Å²) >= 11 is 0. The number of anilines is 1. The molecule has 2 aromatic heterocycles. The largest absolute Gasteiger partial charge is 0.367 e. The number of benzene rings is 1. The zero-order chi connectivity index (χ0) is 19.0. The summed E-state index contributed by atoms with van der Waals surface area (Å²) in [5.41, 5.74) is 4.33. The van der Waals surface area contributed by atoms with Crippen LogP contribution in [-0.2, 0) is 13.6 Å². The summed E-state index contributed by atoms with van der Waals surface area (Å²) in [6, 6.07) is 9.77. The lowest BCUT2D eigenvalue weighted by Crippen LogP contribution is -2.44. The van der Waals surface area contributed by atoms with Crippen LogP contribution in [0, 0.1) is 12.3 Å². The highest BCUT2D eigenvalue weighted by Gasteiger charge is 2.22. The Morgan fingerprint density at radius 2 is 1.85 bits per heavy atom. The van der Waals surface area contributed by atoms with E-state index in [0.717, 1.165) is 48.5 Å². The summed E-state index contributed by atoms with van der Waals surface area (Å²) in [7, 11) is 3.91. The maximum absolute atomic E-state index is 13.0. The SMILES string of the molecule is C#Cc1ccccc1Cn1c(=O)n(C)c2nccc(N3CCN(C)CC3)c21. The molecule has 4 rings (SSSR count). The minimum Gasteiger partial charge on any atom is -0.367 e. The molecule has 1 aliphatic rings. The van der Waals surface area contributed by atoms with E-state index < -0.39 is 0 Å².